The summed E-state index contributed by atoms with van der Waals surface area (Å²) in [6.07, 6.45) is 0. The van der Waals surface area contributed by atoms with Crippen molar-refractivity contribution in [2.75, 3.05) is 10.6 Å². The normalized spacial score (nSPS) is 11.8. The molecule has 4 nitrogen and oxygen atoms in total. The zero-order valence-electron chi connectivity index (χ0n) is 14.5. The molecule has 0 saturated heterocycles. The van der Waals surface area contributed by atoms with Gasteiger partial charge in [0, 0.05) is 22.8 Å². The number of hydrogen-bond donors (Lipinski definition) is 2. The van der Waals surface area contributed by atoms with Crippen LogP contribution >= 0.6 is 11.6 Å². The van der Waals surface area contributed by atoms with Crippen LogP contribution in [-0.2, 0) is 0 Å². The molecule has 128 valence electrons. The van der Waals surface area contributed by atoms with Crippen molar-refractivity contribution in [1.82, 2.24) is 9.97 Å². The van der Waals surface area contributed by atoms with Gasteiger partial charge < -0.3 is 10.6 Å². The van der Waals surface area contributed by atoms with E-state index in [4.69, 9.17) is 11.6 Å². The zero-order chi connectivity index (χ0) is 17.8. The molecule has 25 heavy (non-hydrogen) atoms. The number of aryl methyl sites for hydroxylation is 1. The molecular weight excluding hydrogens is 332 g/mol. The molecule has 1 unspecified atom stereocenters. The van der Waals surface area contributed by atoms with Crippen molar-refractivity contribution in [2.45, 2.75) is 26.8 Å². The second-order valence-corrected chi connectivity index (χ2v) is 6.41. The molecule has 0 spiro atoms. The minimum Gasteiger partial charge on any atom is -0.363 e. The number of aromatic nitrogens is 2. The summed E-state index contributed by atoms with van der Waals surface area (Å²) in [6.45, 7) is 5.98. The number of anilines is 3. The topological polar surface area (TPSA) is 49.8 Å². The van der Waals surface area contributed by atoms with Gasteiger partial charge >= 0.3 is 0 Å². The Kier molecular flexibility index (Phi) is 5.19. The predicted molar refractivity (Wildman–Crippen MR) is 105 cm³/mol. The van der Waals surface area contributed by atoms with Crippen molar-refractivity contribution in [3.8, 4) is 0 Å². The molecule has 3 aromatic rings. The van der Waals surface area contributed by atoms with Gasteiger partial charge in [-0.05, 0) is 44.0 Å². The van der Waals surface area contributed by atoms with E-state index in [0.717, 1.165) is 27.9 Å². The Morgan fingerprint density at radius 2 is 1.64 bits per heavy atom. The van der Waals surface area contributed by atoms with Crippen LogP contribution in [0.1, 0.15) is 29.9 Å². The summed E-state index contributed by atoms with van der Waals surface area (Å²) in [4.78, 5) is 8.97. The third-order valence-corrected chi connectivity index (χ3v) is 4.44. The molecule has 0 radical (unpaired) electrons. The van der Waals surface area contributed by atoms with E-state index in [9.17, 15) is 0 Å². The lowest BCUT2D eigenvalue weighted by Gasteiger charge is -2.16. The first-order chi connectivity index (χ1) is 12.0. The van der Waals surface area contributed by atoms with Crippen LogP contribution in [0.2, 0.25) is 5.02 Å². The molecule has 1 aromatic heterocycles. The van der Waals surface area contributed by atoms with Gasteiger partial charge in [0.25, 0.3) is 0 Å². The van der Waals surface area contributed by atoms with E-state index in [2.05, 4.69) is 39.7 Å². The summed E-state index contributed by atoms with van der Waals surface area (Å²) >= 11 is 6.19. The molecule has 0 aliphatic heterocycles. The van der Waals surface area contributed by atoms with Crippen LogP contribution in [0.25, 0.3) is 0 Å². The molecule has 1 heterocycles. The molecule has 0 aliphatic carbocycles. The maximum atomic E-state index is 6.19. The minimum absolute atomic E-state index is 0.149. The number of benzene rings is 2. The second kappa shape index (κ2) is 7.53. The first-order valence-electron chi connectivity index (χ1n) is 8.22. The van der Waals surface area contributed by atoms with Gasteiger partial charge in [0.15, 0.2) is 0 Å². The van der Waals surface area contributed by atoms with Gasteiger partial charge in [-0.1, -0.05) is 48.0 Å². The monoisotopic (exact) mass is 352 g/mol. The number of rotatable bonds is 5. The summed E-state index contributed by atoms with van der Waals surface area (Å²) < 4.78 is 0. The van der Waals surface area contributed by atoms with Crippen molar-refractivity contribution in [3.05, 3.63) is 76.6 Å². The summed E-state index contributed by atoms with van der Waals surface area (Å²) in [6, 6.07) is 18.1. The summed E-state index contributed by atoms with van der Waals surface area (Å²) in [5.74, 6) is 2.22. The van der Waals surface area contributed by atoms with Crippen molar-refractivity contribution >= 4 is 28.9 Å². The molecule has 3 rings (SSSR count). The first kappa shape index (κ1) is 17.2. The van der Waals surface area contributed by atoms with Crippen LogP contribution < -0.4 is 10.6 Å². The third-order valence-electron chi connectivity index (χ3n) is 4.03. The lowest BCUT2D eigenvalue weighted by molar-refractivity contribution is 0.867. The standard InChI is InChI=1S/C20H21ClN4/c1-13-17(21)10-7-11-18(13)25-20-12-19(23-15(3)24-20)22-14(2)16-8-5-4-6-9-16/h4-12,14H,1-3H3,(H2,22,23,24,25). The van der Waals surface area contributed by atoms with Crippen molar-refractivity contribution in [1.29, 1.82) is 0 Å². The fourth-order valence-corrected chi connectivity index (χ4v) is 2.81. The van der Waals surface area contributed by atoms with Crippen LogP contribution in [0.5, 0.6) is 0 Å². The largest absolute Gasteiger partial charge is 0.363 e. The molecule has 2 aromatic carbocycles. The average molecular weight is 353 g/mol. The molecular formula is C20H21ClN4. The Labute approximate surface area is 153 Å². The molecule has 0 aliphatic rings. The summed E-state index contributed by atoms with van der Waals surface area (Å²) in [5, 5.41) is 7.49. The van der Waals surface area contributed by atoms with Gasteiger partial charge in [-0.15, -0.1) is 0 Å². The third kappa shape index (κ3) is 4.28. The molecule has 0 bridgehead atoms. The highest BCUT2D eigenvalue weighted by Gasteiger charge is 2.09. The van der Waals surface area contributed by atoms with E-state index in [0.29, 0.717) is 5.82 Å². The van der Waals surface area contributed by atoms with Gasteiger partial charge in [-0.25, -0.2) is 9.97 Å². The van der Waals surface area contributed by atoms with Gasteiger partial charge in [0.1, 0.15) is 17.5 Å². The fraction of sp³-hybridized carbons (Fsp3) is 0.200. The van der Waals surface area contributed by atoms with Crippen molar-refractivity contribution < 1.29 is 0 Å². The van der Waals surface area contributed by atoms with Crippen LogP contribution in [0, 0.1) is 13.8 Å². The highest BCUT2D eigenvalue weighted by atomic mass is 35.5. The highest BCUT2D eigenvalue weighted by Crippen LogP contribution is 2.27. The molecule has 0 saturated carbocycles. The van der Waals surface area contributed by atoms with Crippen LogP contribution in [-0.4, -0.2) is 9.97 Å². The Morgan fingerprint density at radius 1 is 0.920 bits per heavy atom. The predicted octanol–water partition coefficient (Wildman–Crippen LogP) is 5.66. The smallest absolute Gasteiger partial charge is 0.136 e. The lowest BCUT2D eigenvalue weighted by Crippen LogP contribution is -2.09. The summed E-state index contributed by atoms with van der Waals surface area (Å²) in [7, 11) is 0. The van der Waals surface area contributed by atoms with Gasteiger partial charge in [-0.2, -0.15) is 0 Å². The fourth-order valence-electron chi connectivity index (χ4n) is 2.63. The zero-order valence-corrected chi connectivity index (χ0v) is 15.3. The van der Waals surface area contributed by atoms with Gasteiger partial charge in [0.05, 0.1) is 0 Å². The molecule has 0 amide bonds. The van der Waals surface area contributed by atoms with E-state index in [1.165, 1.54) is 5.56 Å². The molecule has 2 N–H and O–H groups in total. The van der Waals surface area contributed by atoms with E-state index < -0.39 is 0 Å². The number of nitrogens with one attached hydrogen (secondary N) is 2. The Hall–Kier alpha value is -2.59. The van der Waals surface area contributed by atoms with E-state index in [1.54, 1.807) is 0 Å². The average Bonchev–Trinajstić information content (AvgIpc) is 2.59. The second-order valence-electron chi connectivity index (χ2n) is 6.00. The van der Waals surface area contributed by atoms with E-state index >= 15 is 0 Å². The van der Waals surface area contributed by atoms with Crippen molar-refractivity contribution in [3.63, 3.8) is 0 Å². The lowest BCUT2D eigenvalue weighted by atomic mass is 10.1. The van der Waals surface area contributed by atoms with Gasteiger partial charge in [-0.3, -0.25) is 0 Å². The SMILES string of the molecule is Cc1nc(Nc2cccc(Cl)c2C)cc(NC(C)c2ccccc2)n1. The van der Waals surface area contributed by atoms with E-state index in [1.807, 2.05) is 56.3 Å². The summed E-state index contributed by atoms with van der Waals surface area (Å²) in [5.41, 5.74) is 3.14. The van der Waals surface area contributed by atoms with Crippen LogP contribution in [0.4, 0.5) is 17.3 Å². The maximum absolute atomic E-state index is 6.19. The minimum atomic E-state index is 0.149. The Morgan fingerprint density at radius 3 is 2.40 bits per heavy atom. The Bertz CT molecular complexity index is 865. The number of halogens is 1. The number of hydrogen-bond acceptors (Lipinski definition) is 4. The molecule has 0 fully saturated rings. The van der Waals surface area contributed by atoms with Gasteiger partial charge in [0.2, 0.25) is 0 Å². The highest BCUT2D eigenvalue weighted by molar-refractivity contribution is 6.31. The number of nitrogens with zero attached hydrogens (tertiary/aromatic N) is 2. The van der Waals surface area contributed by atoms with Crippen LogP contribution in [0.3, 0.4) is 0 Å². The molecule has 5 heteroatoms. The van der Waals surface area contributed by atoms with Crippen molar-refractivity contribution in [2.24, 2.45) is 0 Å². The Balaban J connectivity index is 1.82. The van der Waals surface area contributed by atoms with E-state index in [-0.39, 0.29) is 6.04 Å². The van der Waals surface area contributed by atoms with Crippen LogP contribution in [0.15, 0.2) is 54.6 Å². The first-order valence-corrected chi connectivity index (χ1v) is 8.60. The maximum Gasteiger partial charge on any atom is 0.136 e. The quantitative estimate of drug-likeness (QED) is 0.621. The molecule has 1 atom stereocenters.